The van der Waals surface area contributed by atoms with E-state index in [1.165, 1.54) is 5.57 Å². The molecular formula is C13H21N5O2. The van der Waals surface area contributed by atoms with Gasteiger partial charge >= 0.3 is 5.69 Å². The molecule has 1 aliphatic heterocycles. The highest BCUT2D eigenvalue weighted by atomic mass is 16.6. The summed E-state index contributed by atoms with van der Waals surface area (Å²) in [4.78, 5) is 10.8. The fraction of sp³-hybridized carbons (Fsp3) is 0.615. The van der Waals surface area contributed by atoms with E-state index in [-0.39, 0.29) is 10.6 Å². The lowest BCUT2D eigenvalue weighted by molar-refractivity contribution is -0.384. The zero-order chi connectivity index (χ0) is 14.5. The Kier molecular flexibility index (Phi) is 4.73. The molecule has 110 valence electrons. The zero-order valence-electron chi connectivity index (χ0n) is 12.0. The quantitative estimate of drug-likeness (QED) is 0.469. The lowest BCUT2D eigenvalue weighted by atomic mass is 10.1. The number of hydrogen-bond acceptors (Lipinski definition) is 5. The van der Waals surface area contributed by atoms with Crippen molar-refractivity contribution < 1.29 is 4.92 Å². The number of aryl methyl sites for hydroxylation is 2. The van der Waals surface area contributed by atoms with Gasteiger partial charge in [0.1, 0.15) is 5.69 Å². The topological polar surface area (TPSA) is 85.0 Å². The molecule has 0 amide bonds. The Bertz CT molecular complexity index is 521. The van der Waals surface area contributed by atoms with Crippen molar-refractivity contribution in [1.29, 1.82) is 0 Å². The fourth-order valence-corrected chi connectivity index (χ4v) is 2.43. The van der Waals surface area contributed by atoms with E-state index in [0.29, 0.717) is 24.5 Å². The Morgan fingerprint density at radius 2 is 2.40 bits per heavy atom. The lowest BCUT2D eigenvalue weighted by Gasteiger charge is -2.14. The maximum absolute atomic E-state index is 11.2. The van der Waals surface area contributed by atoms with Gasteiger partial charge in [0, 0.05) is 20.1 Å². The minimum atomic E-state index is -0.349. The molecular weight excluding hydrogens is 258 g/mol. The summed E-state index contributed by atoms with van der Waals surface area (Å²) in [7, 11) is 1.73. The molecule has 0 bridgehead atoms. The summed E-state index contributed by atoms with van der Waals surface area (Å²) in [6.07, 6.45) is 4.71. The van der Waals surface area contributed by atoms with Crippen LogP contribution in [0.5, 0.6) is 0 Å². The third-order valence-electron chi connectivity index (χ3n) is 3.51. The molecule has 0 saturated carbocycles. The summed E-state index contributed by atoms with van der Waals surface area (Å²) < 4.78 is 1.56. The number of nitrogens with one attached hydrogen (secondary N) is 2. The maximum Gasteiger partial charge on any atom is 0.333 e. The van der Waals surface area contributed by atoms with Crippen molar-refractivity contribution in [3.8, 4) is 0 Å². The first-order valence-electron chi connectivity index (χ1n) is 6.96. The number of aromatic nitrogens is 2. The van der Waals surface area contributed by atoms with Gasteiger partial charge in [-0.1, -0.05) is 18.6 Å². The second-order valence-corrected chi connectivity index (χ2v) is 4.87. The Morgan fingerprint density at radius 1 is 1.60 bits per heavy atom. The molecule has 0 unspecified atom stereocenters. The minimum absolute atomic E-state index is 0.106. The van der Waals surface area contributed by atoms with Crippen LogP contribution in [0.4, 0.5) is 11.5 Å². The third-order valence-corrected chi connectivity index (χ3v) is 3.51. The van der Waals surface area contributed by atoms with Crippen LogP contribution in [0.1, 0.15) is 25.5 Å². The molecule has 0 saturated heterocycles. The molecule has 0 aromatic carbocycles. The SMILES string of the molecule is CCc1nn(C)c(NCCC2=CCNCC2)c1[N+](=O)[O-]. The van der Waals surface area contributed by atoms with Crippen molar-refractivity contribution in [3.63, 3.8) is 0 Å². The largest absolute Gasteiger partial charge is 0.364 e. The van der Waals surface area contributed by atoms with Gasteiger partial charge in [-0.05, 0) is 25.8 Å². The van der Waals surface area contributed by atoms with E-state index < -0.39 is 0 Å². The Balaban J connectivity index is 2.03. The zero-order valence-corrected chi connectivity index (χ0v) is 12.0. The second kappa shape index (κ2) is 6.51. The van der Waals surface area contributed by atoms with Crippen molar-refractivity contribution in [2.24, 2.45) is 7.05 Å². The van der Waals surface area contributed by atoms with Gasteiger partial charge in [0.25, 0.3) is 0 Å². The molecule has 0 fully saturated rings. The van der Waals surface area contributed by atoms with Gasteiger partial charge in [-0.25, -0.2) is 4.68 Å². The molecule has 2 N–H and O–H groups in total. The summed E-state index contributed by atoms with van der Waals surface area (Å²) >= 11 is 0. The van der Waals surface area contributed by atoms with Crippen LogP contribution in [-0.4, -0.2) is 34.3 Å². The molecule has 0 atom stereocenters. The van der Waals surface area contributed by atoms with Gasteiger partial charge in [0.15, 0.2) is 0 Å². The normalized spacial score (nSPS) is 15.0. The van der Waals surface area contributed by atoms with Gasteiger partial charge < -0.3 is 10.6 Å². The molecule has 20 heavy (non-hydrogen) atoms. The molecule has 7 heteroatoms. The average molecular weight is 279 g/mol. The van der Waals surface area contributed by atoms with Gasteiger partial charge in [0.2, 0.25) is 5.82 Å². The van der Waals surface area contributed by atoms with Crippen LogP contribution in [0.2, 0.25) is 0 Å². The van der Waals surface area contributed by atoms with Gasteiger partial charge in [-0.2, -0.15) is 5.10 Å². The molecule has 7 nitrogen and oxygen atoms in total. The van der Waals surface area contributed by atoms with Gasteiger partial charge in [-0.3, -0.25) is 10.1 Å². The van der Waals surface area contributed by atoms with Crippen molar-refractivity contribution >= 4 is 11.5 Å². The van der Waals surface area contributed by atoms with Crippen LogP contribution in [0.25, 0.3) is 0 Å². The number of nitro groups is 1. The highest BCUT2D eigenvalue weighted by Crippen LogP contribution is 2.28. The molecule has 0 spiro atoms. The summed E-state index contributed by atoms with van der Waals surface area (Å²) in [5.41, 5.74) is 2.03. The maximum atomic E-state index is 11.2. The number of nitrogens with zero attached hydrogens (tertiary/aromatic N) is 3. The first-order chi connectivity index (χ1) is 9.63. The second-order valence-electron chi connectivity index (χ2n) is 4.87. The Labute approximate surface area is 118 Å². The molecule has 0 radical (unpaired) electrons. The first kappa shape index (κ1) is 14.5. The number of anilines is 1. The van der Waals surface area contributed by atoms with E-state index in [1.54, 1.807) is 11.7 Å². The van der Waals surface area contributed by atoms with E-state index in [4.69, 9.17) is 0 Å². The summed E-state index contributed by atoms with van der Waals surface area (Å²) in [5, 5.41) is 21.8. The van der Waals surface area contributed by atoms with Crippen LogP contribution in [0.3, 0.4) is 0 Å². The smallest absolute Gasteiger partial charge is 0.333 e. The van der Waals surface area contributed by atoms with Gasteiger partial charge in [0.05, 0.1) is 4.92 Å². The highest BCUT2D eigenvalue weighted by Gasteiger charge is 2.25. The number of rotatable bonds is 6. The van der Waals surface area contributed by atoms with Crippen LogP contribution >= 0.6 is 0 Å². The van der Waals surface area contributed by atoms with E-state index in [1.807, 2.05) is 6.92 Å². The molecule has 0 aliphatic carbocycles. The third kappa shape index (κ3) is 3.16. The molecule has 2 heterocycles. The first-order valence-corrected chi connectivity index (χ1v) is 6.96. The van der Waals surface area contributed by atoms with Gasteiger partial charge in [-0.15, -0.1) is 0 Å². The lowest BCUT2D eigenvalue weighted by Crippen LogP contribution is -2.21. The van der Waals surface area contributed by atoms with Crippen LogP contribution in [0, 0.1) is 10.1 Å². The predicted molar refractivity (Wildman–Crippen MR) is 77.9 cm³/mol. The van der Waals surface area contributed by atoms with E-state index >= 15 is 0 Å². The highest BCUT2D eigenvalue weighted by molar-refractivity contribution is 5.59. The fourth-order valence-electron chi connectivity index (χ4n) is 2.43. The monoisotopic (exact) mass is 279 g/mol. The summed E-state index contributed by atoms with van der Waals surface area (Å²) in [5.74, 6) is 0.501. The van der Waals surface area contributed by atoms with E-state index in [0.717, 1.165) is 25.9 Å². The van der Waals surface area contributed by atoms with Crippen molar-refractivity contribution in [3.05, 3.63) is 27.5 Å². The molecule has 1 aliphatic rings. The van der Waals surface area contributed by atoms with Crippen LogP contribution in [-0.2, 0) is 13.5 Å². The molecule has 1 aromatic rings. The summed E-state index contributed by atoms with van der Waals surface area (Å²) in [6.45, 7) is 4.49. The Hall–Kier alpha value is -1.89. The number of hydrogen-bond donors (Lipinski definition) is 2. The van der Waals surface area contributed by atoms with E-state index in [9.17, 15) is 10.1 Å². The minimum Gasteiger partial charge on any atom is -0.364 e. The predicted octanol–water partition coefficient (Wildman–Crippen LogP) is 1.61. The van der Waals surface area contributed by atoms with Crippen molar-refractivity contribution in [2.75, 3.05) is 25.0 Å². The van der Waals surface area contributed by atoms with E-state index in [2.05, 4.69) is 21.8 Å². The standard InChI is InChI=1S/C13H21N5O2/c1-3-11-12(18(19)20)13(17(2)16-11)15-9-6-10-4-7-14-8-5-10/h4,14-15H,3,5-9H2,1-2H3. The molecule has 2 rings (SSSR count). The Morgan fingerprint density at radius 3 is 3.00 bits per heavy atom. The molecule has 1 aromatic heterocycles. The van der Waals surface area contributed by atoms with Crippen LogP contribution < -0.4 is 10.6 Å². The van der Waals surface area contributed by atoms with Crippen molar-refractivity contribution in [1.82, 2.24) is 15.1 Å². The average Bonchev–Trinajstić information content (AvgIpc) is 2.77. The van der Waals surface area contributed by atoms with Crippen molar-refractivity contribution in [2.45, 2.75) is 26.2 Å². The van der Waals surface area contributed by atoms with Crippen LogP contribution in [0.15, 0.2) is 11.6 Å². The summed E-state index contributed by atoms with van der Waals surface area (Å²) in [6, 6.07) is 0.